The monoisotopic (exact) mass is 301 g/mol. The summed E-state index contributed by atoms with van der Waals surface area (Å²) in [7, 11) is 1.98. The van der Waals surface area contributed by atoms with Crippen LogP contribution < -0.4 is 10.1 Å². The zero-order valence-electron chi connectivity index (χ0n) is 12.2. The average molecular weight is 301 g/mol. The van der Waals surface area contributed by atoms with Crippen molar-refractivity contribution in [3.63, 3.8) is 0 Å². The first-order valence-corrected chi connectivity index (χ1v) is 7.92. The van der Waals surface area contributed by atoms with Crippen LogP contribution in [0, 0.1) is 0 Å². The van der Waals surface area contributed by atoms with Crippen molar-refractivity contribution in [3.8, 4) is 5.75 Å². The van der Waals surface area contributed by atoms with Crippen LogP contribution in [0.15, 0.2) is 42.0 Å². The van der Waals surface area contributed by atoms with Gasteiger partial charge in [-0.3, -0.25) is 4.40 Å². The van der Waals surface area contributed by atoms with Crippen molar-refractivity contribution in [2.24, 2.45) is 0 Å². The highest BCUT2D eigenvalue weighted by molar-refractivity contribution is 7.15. The normalized spacial score (nSPS) is 12.7. The van der Waals surface area contributed by atoms with Gasteiger partial charge in [-0.15, -0.1) is 11.3 Å². The Bertz CT molecular complexity index is 673. The standard InChI is InChI=1S/C16H19N3OS/c1-12(17-2)9-13-3-5-15(6-4-13)20-11-14-10-19-7-8-21-16(19)18-14/h3-8,10,12,17H,9,11H2,1-2H3. The molecule has 0 saturated heterocycles. The van der Waals surface area contributed by atoms with Gasteiger partial charge in [0.1, 0.15) is 12.4 Å². The molecule has 5 heteroatoms. The molecule has 0 aliphatic carbocycles. The lowest BCUT2D eigenvalue weighted by molar-refractivity contribution is 0.302. The van der Waals surface area contributed by atoms with E-state index >= 15 is 0 Å². The second-order valence-corrected chi connectivity index (χ2v) is 6.02. The zero-order valence-corrected chi connectivity index (χ0v) is 13.1. The molecular weight excluding hydrogens is 282 g/mol. The molecule has 3 rings (SSSR count). The fourth-order valence-electron chi connectivity index (χ4n) is 2.18. The van der Waals surface area contributed by atoms with Gasteiger partial charge in [-0.2, -0.15) is 0 Å². The number of rotatable bonds is 6. The molecule has 0 aliphatic rings. The summed E-state index contributed by atoms with van der Waals surface area (Å²) in [5, 5.41) is 5.27. The molecule has 4 nitrogen and oxygen atoms in total. The van der Waals surface area contributed by atoms with E-state index < -0.39 is 0 Å². The number of hydrogen-bond acceptors (Lipinski definition) is 4. The molecule has 1 aromatic carbocycles. The molecule has 0 saturated carbocycles. The number of ether oxygens (including phenoxy) is 1. The number of benzene rings is 1. The van der Waals surface area contributed by atoms with Gasteiger partial charge in [0.15, 0.2) is 4.96 Å². The summed E-state index contributed by atoms with van der Waals surface area (Å²) in [4.78, 5) is 5.51. The van der Waals surface area contributed by atoms with Crippen LogP contribution in [0.1, 0.15) is 18.2 Å². The van der Waals surface area contributed by atoms with Gasteiger partial charge in [-0.05, 0) is 38.1 Å². The minimum Gasteiger partial charge on any atom is -0.487 e. The molecule has 0 fully saturated rings. The molecule has 0 spiro atoms. The molecular formula is C16H19N3OS. The van der Waals surface area contributed by atoms with Crippen LogP contribution in [0.4, 0.5) is 0 Å². The number of nitrogens with one attached hydrogen (secondary N) is 1. The third kappa shape index (κ3) is 3.43. The van der Waals surface area contributed by atoms with Crippen LogP contribution in [-0.4, -0.2) is 22.5 Å². The molecule has 0 bridgehead atoms. The highest BCUT2D eigenvalue weighted by Crippen LogP contribution is 2.16. The first-order valence-electron chi connectivity index (χ1n) is 7.04. The topological polar surface area (TPSA) is 38.6 Å². The second-order valence-electron chi connectivity index (χ2n) is 5.15. The largest absolute Gasteiger partial charge is 0.487 e. The molecule has 0 radical (unpaired) electrons. The summed E-state index contributed by atoms with van der Waals surface area (Å²) in [5.74, 6) is 0.882. The van der Waals surface area contributed by atoms with Crippen molar-refractivity contribution in [2.45, 2.75) is 26.0 Å². The fraction of sp³-hybridized carbons (Fsp3) is 0.312. The van der Waals surface area contributed by atoms with E-state index in [2.05, 4.69) is 29.4 Å². The van der Waals surface area contributed by atoms with Crippen LogP contribution >= 0.6 is 11.3 Å². The highest BCUT2D eigenvalue weighted by Gasteiger charge is 2.04. The molecule has 1 atom stereocenters. The highest BCUT2D eigenvalue weighted by atomic mass is 32.1. The molecule has 2 aromatic heterocycles. The molecule has 0 amide bonds. The predicted octanol–water partition coefficient (Wildman–Crippen LogP) is 3.13. The van der Waals surface area contributed by atoms with E-state index in [1.54, 1.807) is 11.3 Å². The summed E-state index contributed by atoms with van der Waals surface area (Å²) in [6.07, 6.45) is 5.04. The van der Waals surface area contributed by atoms with E-state index in [-0.39, 0.29) is 0 Å². The fourth-order valence-corrected chi connectivity index (χ4v) is 2.90. The molecule has 110 valence electrons. The molecule has 1 N–H and O–H groups in total. The van der Waals surface area contributed by atoms with E-state index in [0.717, 1.165) is 22.8 Å². The molecule has 2 heterocycles. The number of thiazole rings is 1. The van der Waals surface area contributed by atoms with Crippen molar-refractivity contribution in [1.29, 1.82) is 0 Å². The van der Waals surface area contributed by atoms with Crippen molar-refractivity contribution >= 4 is 16.3 Å². The lowest BCUT2D eigenvalue weighted by atomic mass is 10.1. The van der Waals surface area contributed by atoms with Gasteiger partial charge >= 0.3 is 0 Å². The number of imidazole rings is 1. The Morgan fingerprint density at radius 3 is 2.86 bits per heavy atom. The SMILES string of the molecule is CNC(C)Cc1ccc(OCc2cn3ccsc3n2)cc1. The lowest BCUT2D eigenvalue weighted by Crippen LogP contribution is -2.23. The van der Waals surface area contributed by atoms with Crippen LogP contribution in [0.3, 0.4) is 0 Å². The maximum atomic E-state index is 5.79. The van der Waals surface area contributed by atoms with Crippen molar-refractivity contribution in [2.75, 3.05) is 7.05 Å². The van der Waals surface area contributed by atoms with Gasteiger partial charge in [-0.25, -0.2) is 4.98 Å². The van der Waals surface area contributed by atoms with Crippen LogP contribution in [0.5, 0.6) is 5.75 Å². The Morgan fingerprint density at radius 2 is 2.14 bits per heavy atom. The summed E-state index contributed by atoms with van der Waals surface area (Å²) in [6, 6.07) is 8.77. The minimum atomic E-state index is 0.482. The number of fused-ring (bicyclic) bond motifs is 1. The average Bonchev–Trinajstić information content (AvgIpc) is 3.07. The predicted molar refractivity (Wildman–Crippen MR) is 86.1 cm³/mol. The molecule has 21 heavy (non-hydrogen) atoms. The van der Waals surface area contributed by atoms with Crippen LogP contribution in [0.2, 0.25) is 0 Å². The number of nitrogens with zero attached hydrogens (tertiary/aromatic N) is 2. The van der Waals surface area contributed by atoms with Crippen LogP contribution in [-0.2, 0) is 13.0 Å². The maximum absolute atomic E-state index is 5.79. The minimum absolute atomic E-state index is 0.482. The van der Waals surface area contributed by atoms with E-state index in [1.807, 2.05) is 41.4 Å². The summed E-state index contributed by atoms with van der Waals surface area (Å²) < 4.78 is 7.81. The smallest absolute Gasteiger partial charge is 0.193 e. The first-order chi connectivity index (χ1) is 10.2. The van der Waals surface area contributed by atoms with E-state index in [0.29, 0.717) is 12.6 Å². The Labute approximate surface area is 128 Å². The zero-order chi connectivity index (χ0) is 14.7. The number of hydrogen-bond donors (Lipinski definition) is 1. The summed E-state index contributed by atoms with van der Waals surface area (Å²) >= 11 is 1.63. The second kappa shape index (κ2) is 6.28. The van der Waals surface area contributed by atoms with Gasteiger partial charge < -0.3 is 10.1 Å². The third-order valence-electron chi connectivity index (χ3n) is 3.49. The van der Waals surface area contributed by atoms with Gasteiger partial charge in [0.05, 0.1) is 5.69 Å². The number of likely N-dealkylation sites (N-methyl/N-ethyl adjacent to an activating group) is 1. The summed E-state index contributed by atoms with van der Waals surface area (Å²) in [5.41, 5.74) is 2.27. The van der Waals surface area contributed by atoms with Crippen LogP contribution in [0.25, 0.3) is 4.96 Å². The molecule has 3 aromatic rings. The Hall–Kier alpha value is -1.85. The van der Waals surface area contributed by atoms with E-state index in [4.69, 9.17) is 4.74 Å². The van der Waals surface area contributed by atoms with E-state index in [1.165, 1.54) is 5.56 Å². The number of aromatic nitrogens is 2. The Balaban J connectivity index is 1.58. The Kier molecular flexibility index (Phi) is 4.22. The van der Waals surface area contributed by atoms with E-state index in [9.17, 15) is 0 Å². The van der Waals surface area contributed by atoms with Crippen molar-refractivity contribution in [1.82, 2.24) is 14.7 Å². The summed E-state index contributed by atoms with van der Waals surface area (Å²) in [6.45, 7) is 2.68. The molecule has 0 aliphatic heterocycles. The van der Waals surface area contributed by atoms with Gasteiger partial charge in [0.2, 0.25) is 0 Å². The third-order valence-corrected chi connectivity index (χ3v) is 4.26. The van der Waals surface area contributed by atoms with Crippen molar-refractivity contribution < 1.29 is 4.74 Å². The first kappa shape index (κ1) is 14.1. The van der Waals surface area contributed by atoms with Crippen molar-refractivity contribution in [3.05, 3.63) is 53.3 Å². The molecule has 1 unspecified atom stereocenters. The maximum Gasteiger partial charge on any atom is 0.193 e. The van der Waals surface area contributed by atoms with Gasteiger partial charge in [0.25, 0.3) is 0 Å². The quantitative estimate of drug-likeness (QED) is 0.760. The lowest BCUT2D eigenvalue weighted by Gasteiger charge is -2.10. The van der Waals surface area contributed by atoms with Gasteiger partial charge in [0, 0.05) is 23.8 Å². The van der Waals surface area contributed by atoms with Gasteiger partial charge in [-0.1, -0.05) is 12.1 Å². The Morgan fingerprint density at radius 1 is 1.33 bits per heavy atom.